The predicted molar refractivity (Wildman–Crippen MR) is 77.3 cm³/mol. The second kappa shape index (κ2) is 5.07. The first-order valence-corrected chi connectivity index (χ1v) is 7.63. The molecule has 0 saturated carbocycles. The predicted octanol–water partition coefficient (Wildman–Crippen LogP) is 1.59. The van der Waals surface area contributed by atoms with Gasteiger partial charge in [0.05, 0.1) is 11.8 Å². The van der Waals surface area contributed by atoms with Crippen LogP contribution in [0, 0.1) is 6.92 Å². The summed E-state index contributed by atoms with van der Waals surface area (Å²) < 4.78 is 22.5. The van der Waals surface area contributed by atoms with Crippen LogP contribution < -0.4 is 10.6 Å². The van der Waals surface area contributed by atoms with E-state index in [9.17, 15) is 8.42 Å². The molecule has 6 heteroatoms. The van der Waals surface area contributed by atoms with Gasteiger partial charge in [-0.1, -0.05) is 18.2 Å². The van der Waals surface area contributed by atoms with Gasteiger partial charge in [0.15, 0.2) is 14.9 Å². The molecule has 0 radical (unpaired) electrons. The van der Waals surface area contributed by atoms with E-state index in [4.69, 9.17) is 12.2 Å². The van der Waals surface area contributed by atoms with Crippen LogP contribution in [0.2, 0.25) is 0 Å². The summed E-state index contributed by atoms with van der Waals surface area (Å²) >= 11 is 5.16. The van der Waals surface area contributed by atoms with E-state index in [0.717, 1.165) is 11.3 Å². The summed E-state index contributed by atoms with van der Waals surface area (Å²) in [6.45, 7) is 1.98. The number of thiocarbonyl (C=S) groups is 1. The van der Waals surface area contributed by atoms with Crippen LogP contribution in [0.4, 0.5) is 5.69 Å². The molecule has 1 atom stereocenters. The van der Waals surface area contributed by atoms with Crippen molar-refractivity contribution >= 4 is 32.9 Å². The number of hydrogen-bond donors (Lipinski definition) is 2. The molecule has 1 unspecified atom stereocenters. The first kappa shape index (κ1) is 13.0. The Hall–Kier alpha value is -1.40. The Kier molecular flexibility index (Phi) is 3.68. The third kappa shape index (κ3) is 3.30. The lowest BCUT2D eigenvalue weighted by Gasteiger charge is -2.15. The lowest BCUT2D eigenvalue weighted by Crippen LogP contribution is -2.38. The summed E-state index contributed by atoms with van der Waals surface area (Å²) in [7, 11) is -3.05. The molecular formula is C12H14N2O2S2. The van der Waals surface area contributed by atoms with Crippen LogP contribution in [0.5, 0.6) is 0 Å². The normalized spacial score (nSPS) is 20.6. The molecule has 0 fully saturated rings. The fraction of sp³-hybridized carbons (Fsp3) is 0.250. The van der Waals surface area contributed by atoms with Crippen molar-refractivity contribution in [3.63, 3.8) is 0 Å². The van der Waals surface area contributed by atoms with Crippen molar-refractivity contribution in [3.05, 3.63) is 41.3 Å². The molecule has 0 saturated heterocycles. The van der Waals surface area contributed by atoms with Gasteiger partial charge in [-0.3, -0.25) is 0 Å². The fourth-order valence-corrected chi connectivity index (χ4v) is 3.20. The van der Waals surface area contributed by atoms with Crippen molar-refractivity contribution in [2.24, 2.45) is 0 Å². The third-order valence-corrected chi connectivity index (χ3v) is 4.26. The molecule has 96 valence electrons. The maximum absolute atomic E-state index is 11.2. The number of nitrogens with one attached hydrogen (secondary N) is 2. The molecule has 1 aromatic carbocycles. The number of benzene rings is 1. The van der Waals surface area contributed by atoms with Crippen LogP contribution in [0.15, 0.2) is 35.7 Å². The quantitative estimate of drug-likeness (QED) is 0.807. The van der Waals surface area contributed by atoms with E-state index in [1.165, 1.54) is 5.41 Å². The molecular weight excluding hydrogens is 268 g/mol. The van der Waals surface area contributed by atoms with E-state index in [1.54, 1.807) is 6.08 Å². The Labute approximate surface area is 112 Å². The maximum Gasteiger partial charge on any atom is 0.173 e. The van der Waals surface area contributed by atoms with Gasteiger partial charge in [0.25, 0.3) is 0 Å². The molecule has 0 bridgehead atoms. The number of para-hydroxylation sites is 1. The average molecular weight is 282 g/mol. The van der Waals surface area contributed by atoms with Crippen LogP contribution in [0.25, 0.3) is 0 Å². The van der Waals surface area contributed by atoms with Crippen molar-refractivity contribution in [2.45, 2.75) is 13.0 Å². The molecule has 1 aromatic rings. The monoisotopic (exact) mass is 282 g/mol. The number of rotatable bonds is 2. The Morgan fingerprint density at radius 3 is 2.72 bits per heavy atom. The zero-order valence-electron chi connectivity index (χ0n) is 9.88. The lowest BCUT2D eigenvalue weighted by molar-refractivity contribution is 0.603. The van der Waals surface area contributed by atoms with E-state index in [0.29, 0.717) is 5.11 Å². The standard InChI is InChI=1S/C12H14N2O2S2/c1-9-4-2-3-5-11(9)14-12(17)13-10-6-7-18(15,16)8-10/h2-7,10H,8H2,1H3,(H2,13,14,17). The van der Waals surface area contributed by atoms with Gasteiger partial charge in [-0.2, -0.15) is 0 Å². The number of hydrogen-bond acceptors (Lipinski definition) is 3. The van der Waals surface area contributed by atoms with Gasteiger partial charge in [0, 0.05) is 11.1 Å². The van der Waals surface area contributed by atoms with Gasteiger partial charge in [-0.15, -0.1) is 0 Å². The van der Waals surface area contributed by atoms with Crippen molar-refractivity contribution < 1.29 is 8.42 Å². The second-order valence-corrected chi connectivity index (χ2v) is 6.52. The van der Waals surface area contributed by atoms with Crippen molar-refractivity contribution in [2.75, 3.05) is 11.1 Å². The highest BCUT2D eigenvalue weighted by Gasteiger charge is 2.21. The van der Waals surface area contributed by atoms with E-state index >= 15 is 0 Å². The summed E-state index contributed by atoms with van der Waals surface area (Å²) in [5, 5.41) is 7.67. The van der Waals surface area contributed by atoms with Crippen LogP contribution >= 0.6 is 12.2 Å². The molecule has 0 aliphatic carbocycles. The highest BCUT2D eigenvalue weighted by Crippen LogP contribution is 2.13. The maximum atomic E-state index is 11.2. The van der Waals surface area contributed by atoms with Gasteiger partial charge in [-0.25, -0.2) is 8.42 Å². The molecule has 1 heterocycles. The van der Waals surface area contributed by atoms with Gasteiger partial charge < -0.3 is 10.6 Å². The lowest BCUT2D eigenvalue weighted by atomic mass is 10.2. The van der Waals surface area contributed by atoms with Crippen LogP contribution in [-0.2, 0) is 9.84 Å². The van der Waals surface area contributed by atoms with Crippen LogP contribution in [0.1, 0.15) is 5.56 Å². The molecule has 0 aromatic heterocycles. The molecule has 2 rings (SSSR count). The highest BCUT2D eigenvalue weighted by atomic mass is 32.2. The minimum atomic E-state index is -3.05. The Morgan fingerprint density at radius 1 is 1.39 bits per heavy atom. The van der Waals surface area contributed by atoms with Gasteiger partial charge in [-0.05, 0) is 36.8 Å². The van der Waals surface area contributed by atoms with Crippen molar-refractivity contribution in [3.8, 4) is 0 Å². The SMILES string of the molecule is Cc1ccccc1NC(=S)NC1C=CS(=O)(=O)C1. The summed E-state index contributed by atoms with van der Waals surface area (Å²) in [6, 6.07) is 7.51. The number of sulfone groups is 1. The second-order valence-electron chi connectivity index (χ2n) is 4.18. The summed E-state index contributed by atoms with van der Waals surface area (Å²) in [5.74, 6) is 0.0581. The molecule has 2 N–H and O–H groups in total. The zero-order chi connectivity index (χ0) is 13.2. The first-order valence-electron chi connectivity index (χ1n) is 5.50. The van der Waals surface area contributed by atoms with E-state index in [1.807, 2.05) is 31.2 Å². The third-order valence-electron chi connectivity index (χ3n) is 2.64. The fourth-order valence-electron chi connectivity index (χ4n) is 1.71. The van der Waals surface area contributed by atoms with Crippen LogP contribution in [0.3, 0.4) is 0 Å². The topological polar surface area (TPSA) is 58.2 Å². The average Bonchev–Trinajstić information content (AvgIpc) is 2.61. The Balaban J connectivity index is 1.95. The molecule has 1 aliphatic rings. The highest BCUT2D eigenvalue weighted by molar-refractivity contribution is 7.94. The van der Waals surface area contributed by atoms with Gasteiger partial charge in [0.1, 0.15) is 0 Å². The van der Waals surface area contributed by atoms with Gasteiger partial charge >= 0.3 is 0 Å². The number of anilines is 1. The number of aryl methyl sites for hydroxylation is 1. The molecule has 18 heavy (non-hydrogen) atoms. The smallest absolute Gasteiger partial charge is 0.173 e. The summed E-state index contributed by atoms with van der Waals surface area (Å²) in [5.41, 5.74) is 2.00. The molecule has 0 amide bonds. The largest absolute Gasteiger partial charge is 0.355 e. The summed E-state index contributed by atoms with van der Waals surface area (Å²) in [6.07, 6.45) is 1.61. The van der Waals surface area contributed by atoms with Crippen molar-refractivity contribution in [1.82, 2.24) is 5.32 Å². The van der Waals surface area contributed by atoms with Crippen molar-refractivity contribution in [1.29, 1.82) is 0 Å². The van der Waals surface area contributed by atoms with E-state index < -0.39 is 9.84 Å². The van der Waals surface area contributed by atoms with Gasteiger partial charge in [0.2, 0.25) is 0 Å². The summed E-state index contributed by atoms with van der Waals surface area (Å²) in [4.78, 5) is 0. The Morgan fingerprint density at radius 2 is 2.11 bits per heavy atom. The van der Waals surface area contributed by atoms with E-state index in [-0.39, 0.29) is 11.8 Å². The molecule has 4 nitrogen and oxygen atoms in total. The molecule has 1 aliphatic heterocycles. The van der Waals surface area contributed by atoms with Crippen LogP contribution in [-0.4, -0.2) is 25.3 Å². The van der Waals surface area contributed by atoms with E-state index in [2.05, 4.69) is 10.6 Å². The minimum absolute atomic E-state index is 0.0581. The first-order chi connectivity index (χ1) is 8.46. The zero-order valence-corrected chi connectivity index (χ0v) is 11.5. The molecule has 0 spiro atoms. The minimum Gasteiger partial charge on any atom is -0.355 e. The Bertz CT molecular complexity index is 594.